The van der Waals surface area contributed by atoms with E-state index in [2.05, 4.69) is 0 Å². The van der Waals surface area contributed by atoms with E-state index in [0.29, 0.717) is 34.0 Å². The fraction of sp³-hybridized carbons (Fsp3) is 0.200. The third kappa shape index (κ3) is 3.72. The Balaban J connectivity index is 2.15. The standard InChI is InChI=1S/C15H13Cl3O2/c1-19-14-5-3-10(8-16)7-15(14)20-9-11-2-4-12(17)13(18)6-11/h2-7H,8-9H2,1H3. The van der Waals surface area contributed by atoms with Crippen LogP contribution < -0.4 is 9.47 Å². The maximum Gasteiger partial charge on any atom is 0.161 e. The molecule has 0 N–H and O–H groups in total. The van der Waals surface area contributed by atoms with Gasteiger partial charge in [0, 0.05) is 5.88 Å². The van der Waals surface area contributed by atoms with Crippen molar-refractivity contribution in [1.29, 1.82) is 0 Å². The average Bonchev–Trinajstić information content (AvgIpc) is 2.48. The molecule has 5 heteroatoms. The Labute approximate surface area is 133 Å². The Morgan fingerprint density at radius 1 is 0.900 bits per heavy atom. The molecule has 0 atom stereocenters. The molecule has 0 saturated heterocycles. The van der Waals surface area contributed by atoms with Crippen LogP contribution in [0.25, 0.3) is 0 Å². The van der Waals surface area contributed by atoms with Crippen molar-refractivity contribution < 1.29 is 9.47 Å². The molecule has 2 rings (SSSR count). The van der Waals surface area contributed by atoms with E-state index in [1.54, 1.807) is 19.2 Å². The van der Waals surface area contributed by atoms with E-state index in [-0.39, 0.29) is 0 Å². The number of alkyl halides is 1. The smallest absolute Gasteiger partial charge is 0.161 e. The van der Waals surface area contributed by atoms with E-state index in [1.165, 1.54) is 0 Å². The fourth-order valence-electron chi connectivity index (χ4n) is 1.71. The number of benzene rings is 2. The lowest BCUT2D eigenvalue weighted by molar-refractivity contribution is 0.284. The van der Waals surface area contributed by atoms with Gasteiger partial charge in [0.05, 0.1) is 17.2 Å². The average molecular weight is 332 g/mol. The number of methoxy groups -OCH3 is 1. The van der Waals surface area contributed by atoms with Gasteiger partial charge in [0.1, 0.15) is 6.61 Å². The van der Waals surface area contributed by atoms with Crippen LogP contribution in [0.1, 0.15) is 11.1 Å². The van der Waals surface area contributed by atoms with E-state index in [0.717, 1.165) is 11.1 Å². The molecule has 0 fully saturated rings. The molecular formula is C15H13Cl3O2. The first kappa shape index (κ1) is 15.3. The molecule has 0 aliphatic carbocycles. The summed E-state index contributed by atoms with van der Waals surface area (Å²) >= 11 is 17.7. The number of ether oxygens (including phenoxy) is 2. The van der Waals surface area contributed by atoms with Crippen molar-refractivity contribution in [1.82, 2.24) is 0 Å². The summed E-state index contributed by atoms with van der Waals surface area (Å²) < 4.78 is 11.0. The highest BCUT2D eigenvalue weighted by Crippen LogP contribution is 2.30. The van der Waals surface area contributed by atoms with Crippen LogP contribution in [0, 0.1) is 0 Å². The summed E-state index contributed by atoms with van der Waals surface area (Å²) in [4.78, 5) is 0. The minimum Gasteiger partial charge on any atom is -0.493 e. The van der Waals surface area contributed by atoms with E-state index in [4.69, 9.17) is 44.3 Å². The molecule has 2 aromatic rings. The summed E-state index contributed by atoms with van der Waals surface area (Å²) in [6.07, 6.45) is 0. The van der Waals surface area contributed by atoms with Gasteiger partial charge < -0.3 is 9.47 Å². The second kappa shape index (κ2) is 7.07. The molecule has 0 heterocycles. The summed E-state index contributed by atoms with van der Waals surface area (Å²) in [5.74, 6) is 1.74. The van der Waals surface area contributed by atoms with Gasteiger partial charge in [-0.2, -0.15) is 0 Å². The molecule has 0 spiro atoms. The molecule has 0 saturated carbocycles. The Morgan fingerprint density at radius 2 is 1.65 bits per heavy atom. The molecule has 0 bridgehead atoms. The van der Waals surface area contributed by atoms with Gasteiger partial charge >= 0.3 is 0 Å². The van der Waals surface area contributed by atoms with Crippen molar-refractivity contribution in [2.45, 2.75) is 12.5 Å². The maximum atomic E-state index is 5.97. The molecule has 0 amide bonds. The predicted octanol–water partition coefficient (Wildman–Crippen LogP) is 5.32. The largest absolute Gasteiger partial charge is 0.493 e. The van der Waals surface area contributed by atoms with Gasteiger partial charge in [-0.1, -0.05) is 35.3 Å². The second-order valence-corrected chi connectivity index (χ2v) is 5.24. The summed E-state index contributed by atoms with van der Waals surface area (Å²) in [6, 6.07) is 11.0. The molecule has 0 aromatic heterocycles. The molecular weight excluding hydrogens is 319 g/mol. The fourth-order valence-corrected chi connectivity index (χ4v) is 2.19. The molecule has 0 unspecified atom stereocenters. The van der Waals surface area contributed by atoms with Gasteiger partial charge in [-0.15, -0.1) is 11.6 Å². The molecule has 0 aliphatic rings. The minimum absolute atomic E-state index is 0.374. The van der Waals surface area contributed by atoms with Crippen LogP contribution in [-0.2, 0) is 12.5 Å². The van der Waals surface area contributed by atoms with Gasteiger partial charge in [0.2, 0.25) is 0 Å². The van der Waals surface area contributed by atoms with E-state index in [1.807, 2.05) is 24.3 Å². The van der Waals surface area contributed by atoms with Gasteiger partial charge in [0.15, 0.2) is 11.5 Å². The molecule has 0 aliphatic heterocycles. The summed E-state index contributed by atoms with van der Waals surface area (Å²) in [5.41, 5.74) is 1.90. The zero-order valence-electron chi connectivity index (χ0n) is 10.8. The zero-order valence-corrected chi connectivity index (χ0v) is 13.1. The van der Waals surface area contributed by atoms with Gasteiger partial charge in [-0.05, 0) is 35.4 Å². The first-order valence-corrected chi connectivity index (χ1v) is 7.22. The molecule has 20 heavy (non-hydrogen) atoms. The van der Waals surface area contributed by atoms with Crippen LogP contribution in [0.15, 0.2) is 36.4 Å². The third-order valence-electron chi connectivity index (χ3n) is 2.76. The van der Waals surface area contributed by atoms with Gasteiger partial charge in [-0.25, -0.2) is 0 Å². The number of rotatable bonds is 5. The molecule has 2 aromatic carbocycles. The Kier molecular flexibility index (Phi) is 5.41. The third-order valence-corrected chi connectivity index (χ3v) is 3.81. The van der Waals surface area contributed by atoms with E-state index in [9.17, 15) is 0 Å². The van der Waals surface area contributed by atoms with E-state index < -0.39 is 0 Å². The van der Waals surface area contributed by atoms with Crippen LogP contribution in [-0.4, -0.2) is 7.11 Å². The highest BCUT2D eigenvalue weighted by molar-refractivity contribution is 6.42. The van der Waals surface area contributed by atoms with Gasteiger partial charge in [0.25, 0.3) is 0 Å². The van der Waals surface area contributed by atoms with Crippen molar-refractivity contribution in [3.05, 3.63) is 57.6 Å². The monoisotopic (exact) mass is 330 g/mol. The number of halogens is 3. The summed E-state index contributed by atoms with van der Waals surface area (Å²) in [6.45, 7) is 0.374. The minimum atomic E-state index is 0.374. The summed E-state index contributed by atoms with van der Waals surface area (Å²) in [7, 11) is 1.60. The van der Waals surface area contributed by atoms with Crippen LogP contribution >= 0.6 is 34.8 Å². The first-order chi connectivity index (χ1) is 9.63. The highest BCUT2D eigenvalue weighted by atomic mass is 35.5. The Bertz CT molecular complexity index is 600. The van der Waals surface area contributed by atoms with Crippen LogP contribution in [0.3, 0.4) is 0 Å². The van der Waals surface area contributed by atoms with Crippen molar-refractivity contribution >= 4 is 34.8 Å². The molecule has 2 nitrogen and oxygen atoms in total. The van der Waals surface area contributed by atoms with Crippen LogP contribution in [0.5, 0.6) is 11.5 Å². The highest BCUT2D eigenvalue weighted by Gasteiger charge is 2.07. The quantitative estimate of drug-likeness (QED) is 0.690. The van der Waals surface area contributed by atoms with Crippen molar-refractivity contribution in [3.63, 3.8) is 0 Å². The van der Waals surface area contributed by atoms with Gasteiger partial charge in [-0.3, -0.25) is 0 Å². The van der Waals surface area contributed by atoms with Crippen molar-refractivity contribution in [2.24, 2.45) is 0 Å². The SMILES string of the molecule is COc1ccc(CCl)cc1OCc1ccc(Cl)c(Cl)c1. The molecule has 0 radical (unpaired) electrons. The van der Waals surface area contributed by atoms with Crippen LogP contribution in [0.2, 0.25) is 10.0 Å². The first-order valence-electron chi connectivity index (χ1n) is 5.93. The number of hydrogen-bond acceptors (Lipinski definition) is 2. The number of hydrogen-bond donors (Lipinski definition) is 0. The van der Waals surface area contributed by atoms with Crippen LogP contribution in [0.4, 0.5) is 0 Å². The normalized spacial score (nSPS) is 10.4. The summed E-state index contributed by atoms with van der Waals surface area (Å²) in [5, 5.41) is 1.03. The second-order valence-electron chi connectivity index (χ2n) is 4.16. The maximum absolute atomic E-state index is 5.97. The van der Waals surface area contributed by atoms with Crippen molar-refractivity contribution in [2.75, 3.05) is 7.11 Å². The van der Waals surface area contributed by atoms with E-state index >= 15 is 0 Å². The zero-order chi connectivity index (χ0) is 14.5. The molecule has 106 valence electrons. The predicted molar refractivity (Wildman–Crippen MR) is 83.3 cm³/mol. The Hall–Kier alpha value is -1.09. The lowest BCUT2D eigenvalue weighted by Gasteiger charge is -2.12. The lowest BCUT2D eigenvalue weighted by Crippen LogP contribution is -1.98. The lowest BCUT2D eigenvalue weighted by atomic mass is 10.2. The van der Waals surface area contributed by atoms with Crippen molar-refractivity contribution in [3.8, 4) is 11.5 Å². The Morgan fingerprint density at radius 3 is 2.30 bits per heavy atom. The topological polar surface area (TPSA) is 18.5 Å².